The molecule has 0 aliphatic carbocycles. The number of hydrogen-bond acceptors (Lipinski definition) is 3. The Hall–Kier alpha value is -1.98. The molecule has 177 valence electrons. The number of halogens is 2. The molecule has 0 aliphatic heterocycles. The van der Waals surface area contributed by atoms with Gasteiger partial charge in [-0.2, -0.15) is 0 Å². The average Bonchev–Trinajstić information content (AvgIpc) is 2.74. The minimum atomic E-state index is 0. The van der Waals surface area contributed by atoms with Gasteiger partial charge in [0.15, 0.2) is 0 Å². The normalized spacial score (nSPS) is 11.5. The molecule has 0 bridgehead atoms. The van der Waals surface area contributed by atoms with E-state index in [1.165, 1.54) is 11.1 Å². The summed E-state index contributed by atoms with van der Waals surface area (Å²) in [7, 11) is 0. The van der Waals surface area contributed by atoms with Gasteiger partial charge in [-0.1, -0.05) is 70.2 Å². The minimum Gasteiger partial charge on any atom is -1.00 e. The van der Waals surface area contributed by atoms with Gasteiger partial charge in [0.25, 0.3) is 0 Å². The van der Waals surface area contributed by atoms with Crippen LogP contribution in [0.25, 0.3) is 0 Å². The van der Waals surface area contributed by atoms with Crippen LogP contribution in [0.1, 0.15) is 75.9 Å². The van der Waals surface area contributed by atoms with Crippen LogP contribution in [0.3, 0.4) is 0 Å². The van der Waals surface area contributed by atoms with Crippen molar-refractivity contribution in [3.8, 4) is 0 Å². The third-order valence-electron chi connectivity index (χ3n) is 5.18. The monoisotopic (exact) mass is 526 g/mol. The van der Waals surface area contributed by atoms with E-state index in [-0.39, 0.29) is 41.6 Å². The molecular weight excluding hydrogens is 496 g/mol. The molecule has 0 aliphatic rings. The van der Waals surface area contributed by atoms with E-state index < -0.39 is 0 Å². The van der Waals surface area contributed by atoms with E-state index in [2.05, 4.69) is 64.1 Å². The minimum absolute atomic E-state index is 0. The van der Waals surface area contributed by atoms with Gasteiger partial charge >= 0.3 is 16.8 Å². The zero-order chi connectivity index (χ0) is 21.7. The maximum Gasteiger partial charge on any atom is 2.00 e. The molecule has 3 nitrogen and oxygen atoms in total. The van der Waals surface area contributed by atoms with Crippen LogP contribution in [0, 0.1) is 0 Å². The maximum absolute atomic E-state index is 4.89. The van der Waals surface area contributed by atoms with E-state index in [0.717, 1.165) is 34.2 Å². The first-order valence-electron chi connectivity index (χ1n) is 10.6. The molecule has 2 aromatic carbocycles. The predicted octanol–water partition coefficient (Wildman–Crippen LogP) is 1.62. The summed E-state index contributed by atoms with van der Waals surface area (Å²) in [6, 6.07) is 22.7. The largest absolute Gasteiger partial charge is 2.00 e. The van der Waals surface area contributed by atoms with Gasteiger partial charge < -0.3 is 24.8 Å². The molecule has 0 amide bonds. The maximum atomic E-state index is 4.89. The van der Waals surface area contributed by atoms with Crippen molar-refractivity contribution in [2.75, 3.05) is 0 Å². The van der Waals surface area contributed by atoms with Crippen molar-refractivity contribution in [2.24, 2.45) is 9.98 Å². The molecular formula is C27H31Cl2CoN3. The molecule has 0 fully saturated rings. The fourth-order valence-electron chi connectivity index (χ4n) is 3.47. The Bertz CT molecular complexity index is 1010. The molecule has 1 heterocycles. The van der Waals surface area contributed by atoms with Gasteiger partial charge in [0.2, 0.25) is 0 Å². The molecule has 0 unspecified atom stereocenters. The second-order valence-corrected chi connectivity index (χ2v) is 8.23. The number of aliphatic imine (C=N–C) groups is 2. The molecule has 0 atom stereocenters. The van der Waals surface area contributed by atoms with E-state index in [4.69, 9.17) is 15.0 Å². The molecule has 1 radical (unpaired) electrons. The molecule has 0 saturated carbocycles. The zero-order valence-corrected chi connectivity index (χ0v) is 22.5. The van der Waals surface area contributed by atoms with E-state index in [0.29, 0.717) is 11.8 Å². The number of rotatable bonds is 6. The number of aromatic nitrogens is 1. The van der Waals surface area contributed by atoms with Gasteiger partial charge in [-0.15, -0.1) is 0 Å². The van der Waals surface area contributed by atoms with Gasteiger partial charge in [-0.3, -0.25) is 9.98 Å². The van der Waals surface area contributed by atoms with Gasteiger partial charge in [0.1, 0.15) is 0 Å². The Morgan fingerprint density at radius 1 is 0.606 bits per heavy atom. The van der Waals surface area contributed by atoms with Gasteiger partial charge in [0, 0.05) is 0 Å². The molecule has 1 aromatic heterocycles. The van der Waals surface area contributed by atoms with E-state index in [9.17, 15) is 0 Å². The molecule has 6 heteroatoms. The molecule has 3 aromatic rings. The van der Waals surface area contributed by atoms with Crippen molar-refractivity contribution in [3.05, 3.63) is 89.2 Å². The summed E-state index contributed by atoms with van der Waals surface area (Å²) >= 11 is 0. The van der Waals surface area contributed by atoms with Crippen LogP contribution in [0.2, 0.25) is 0 Å². The zero-order valence-electron chi connectivity index (χ0n) is 19.9. The van der Waals surface area contributed by atoms with Crippen LogP contribution in [-0.4, -0.2) is 16.4 Å². The van der Waals surface area contributed by atoms with Crippen molar-refractivity contribution >= 4 is 22.8 Å². The van der Waals surface area contributed by atoms with Crippen LogP contribution in [0.5, 0.6) is 0 Å². The molecule has 0 N–H and O–H groups in total. The first-order valence-corrected chi connectivity index (χ1v) is 10.6. The average molecular weight is 527 g/mol. The van der Waals surface area contributed by atoms with Crippen LogP contribution in [0.15, 0.2) is 76.7 Å². The Morgan fingerprint density at radius 3 is 1.33 bits per heavy atom. The predicted molar refractivity (Wildman–Crippen MR) is 129 cm³/mol. The summed E-state index contributed by atoms with van der Waals surface area (Å²) in [4.78, 5) is 14.6. The van der Waals surface area contributed by atoms with Gasteiger partial charge in [-0.05, 0) is 61.1 Å². The third kappa shape index (κ3) is 8.07. The van der Waals surface area contributed by atoms with Crippen molar-refractivity contribution in [2.45, 2.75) is 53.4 Å². The summed E-state index contributed by atoms with van der Waals surface area (Å²) in [5.74, 6) is 0.847. The third-order valence-corrected chi connectivity index (χ3v) is 5.18. The summed E-state index contributed by atoms with van der Waals surface area (Å²) in [5.41, 5.74) is 8.06. The number of pyridine rings is 1. The topological polar surface area (TPSA) is 37.6 Å². The van der Waals surface area contributed by atoms with E-state index >= 15 is 0 Å². The number of para-hydroxylation sites is 2. The van der Waals surface area contributed by atoms with E-state index in [1.807, 2.05) is 44.2 Å². The van der Waals surface area contributed by atoms with Crippen LogP contribution in [0.4, 0.5) is 11.4 Å². The van der Waals surface area contributed by atoms with Crippen LogP contribution in [-0.2, 0) is 16.8 Å². The summed E-state index contributed by atoms with van der Waals surface area (Å²) < 4.78 is 0. The quantitative estimate of drug-likeness (QED) is 0.450. The van der Waals surface area contributed by atoms with Crippen molar-refractivity contribution in [1.29, 1.82) is 0 Å². The van der Waals surface area contributed by atoms with E-state index in [1.54, 1.807) is 0 Å². The second kappa shape index (κ2) is 14.3. The number of benzene rings is 2. The Labute approximate surface area is 221 Å². The Balaban J connectivity index is 0.00000341. The van der Waals surface area contributed by atoms with Gasteiger partial charge in [0.05, 0.1) is 34.2 Å². The SMILES string of the molecule is CC(=Nc1ccccc1C(C)C)c1cccc(C(C)=Nc2ccccc2C(C)C)n1.[Cl-].[Cl-].[Co+2]. The van der Waals surface area contributed by atoms with Crippen molar-refractivity contribution in [3.63, 3.8) is 0 Å². The first kappa shape index (κ1) is 31.0. The smallest absolute Gasteiger partial charge is 1.00 e. The fraction of sp³-hybridized carbons (Fsp3) is 0.296. The van der Waals surface area contributed by atoms with Crippen molar-refractivity contribution in [1.82, 2.24) is 4.98 Å². The molecule has 0 saturated heterocycles. The molecule has 3 rings (SSSR count). The first-order chi connectivity index (χ1) is 14.4. The second-order valence-electron chi connectivity index (χ2n) is 8.23. The fourth-order valence-corrected chi connectivity index (χ4v) is 3.47. The molecule has 33 heavy (non-hydrogen) atoms. The summed E-state index contributed by atoms with van der Waals surface area (Å²) in [6.45, 7) is 12.8. The Morgan fingerprint density at radius 2 is 0.970 bits per heavy atom. The number of hydrogen-bond donors (Lipinski definition) is 0. The van der Waals surface area contributed by atoms with Crippen LogP contribution >= 0.6 is 0 Å². The Kier molecular flexibility index (Phi) is 13.5. The van der Waals surface area contributed by atoms with Crippen molar-refractivity contribution < 1.29 is 41.6 Å². The molecule has 0 spiro atoms. The van der Waals surface area contributed by atoms with Crippen LogP contribution < -0.4 is 24.8 Å². The summed E-state index contributed by atoms with van der Waals surface area (Å²) in [5, 5.41) is 0. The standard InChI is InChI=1S/C27H31N3.2ClH.Co/c1-18(2)22-12-7-9-14-26(22)28-20(5)24-16-11-17-25(30-24)21(6)29-27-15-10-8-13-23(27)19(3)4;;;/h7-19H,1-6H3;2*1H;/q;;;+2/p-2. The summed E-state index contributed by atoms with van der Waals surface area (Å²) in [6.07, 6.45) is 0. The van der Waals surface area contributed by atoms with Gasteiger partial charge in [-0.25, -0.2) is 4.98 Å². The number of nitrogens with zero attached hydrogens (tertiary/aromatic N) is 3.